The predicted octanol–water partition coefficient (Wildman–Crippen LogP) is 1.82. The molecular formula is C17H25N3O3. The Hall–Kier alpha value is -1.79. The molecule has 1 aromatic rings. The number of nitrogens with one attached hydrogen (secondary N) is 1. The number of carbonyl (C=O) groups excluding carboxylic acids is 1. The van der Waals surface area contributed by atoms with E-state index in [0.29, 0.717) is 19.8 Å². The Labute approximate surface area is 137 Å². The third kappa shape index (κ3) is 3.43. The maximum atomic E-state index is 12.6. The van der Waals surface area contributed by atoms with Gasteiger partial charge >= 0.3 is 6.03 Å². The van der Waals surface area contributed by atoms with Crippen molar-refractivity contribution in [3.8, 4) is 0 Å². The van der Waals surface area contributed by atoms with Crippen molar-refractivity contribution in [2.24, 2.45) is 0 Å². The fourth-order valence-corrected chi connectivity index (χ4v) is 3.32. The van der Waals surface area contributed by atoms with Crippen LogP contribution in [-0.2, 0) is 4.74 Å². The summed E-state index contributed by atoms with van der Waals surface area (Å²) < 4.78 is 5.33. The number of ether oxygens (including phenoxy) is 1. The highest BCUT2D eigenvalue weighted by Crippen LogP contribution is 2.29. The lowest BCUT2D eigenvalue weighted by atomic mass is 10.1. The molecule has 3 rings (SSSR count). The molecule has 1 atom stereocenters. The lowest BCUT2D eigenvalue weighted by Gasteiger charge is -2.34. The van der Waals surface area contributed by atoms with Crippen LogP contribution in [0, 0.1) is 6.92 Å². The molecule has 2 N–H and O–H groups in total. The Balaban J connectivity index is 1.74. The molecule has 0 spiro atoms. The predicted molar refractivity (Wildman–Crippen MR) is 90.0 cm³/mol. The van der Waals surface area contributed by atoms with Gasteiger partial charge < -0.3 is 25.0 Å². The van der Waals surface area contributed by atoms with E-state index in [-0.39, 0.29) is 18.7 Å². The van der Waals surface area contributed by atoms with Gasteiger partial charge in [0.05, 0.1) is 25.9 Å². The number of nitrogens with zero attached hydrogens (tertiary/aromatic N) is 2. The van der Waals surface area contributed by atoms with E-state index in [0.717, 1.165) is 24.3 Å². The van der Waals surface area contributed by atoms with Crippen LogP contribution in [0.2, 0.25) is 0 Å². The van der Waals surface area contributed by atoms with Gasteiger partial charge in [-0.15, -0.1) is 0 Å². The molecule has 0 aromatic heterocycles. The van der Waals surface area contributed by atoms with Gasteiger partial charge in [0.1, 0.15) is 0 Å². The minimum Gasteiger partial charge on any atom is -0.394 e. The van der Waals surface area contributed by atoms with Gasteiger partial charge in [-0.2, -0.15) is 0 Å². The van der Waals surface area contributed by atoms with Crippen LogP contribution >= 0.6 is 0 Å². The van der Waals surface area contributed by atoms with Gasteiger partial charge in [0.15, 0.2) is 0 Å². The summed E-state index contributed by atoms with van der Waals surface area (Å²) in [5.74, 6) is 0. The summed E-state index contributed by atoms with van der Waals surface area (Å²) >= 11 is 0. The molecule has 23 heavy (non-hydrogen) atoms. The number of hydrogen-bond donors (Lipinski definition) is 2. The quantitative estimate of drug-likeness (QED) is 0.892. The monoisotopic (exact) mass is 319 g/mol. The van der Waals surface area contributed by atoms with Crippen molar-refractivity contribution in [2.75, 3.05) is 49.7 Å². The van der Waals surface area contributed by atoms with E-state index in [9.17, 15) is 9.90 Å². The molecule has 6 nitrogen and oxygen atoms in total. The average Bonchev–Trinajstić information content (AvgIpc) is 3.11. The van der Waals surface area contributed by atoms with Crippen molar-refractivity contribution in [1.29, 1.82) is 0 Å². The first kappa shape index (κ1) is 16.1. The molecule has 126 valence electrons. The zero-order valence-corrected chi connectivity index (χ0v) is 13.6. The summed E-state index contributed by atoms with van der Waals surface area (Å²) in [4.78, 5) is 16.6. The van der Waals surface area contributed by atoms with Gasteiger partial charge in [-0.05, 0) is 37.5 Å². The second kappa shape index (κ2) is 7.19. The third-order valence-electron chi connectivity index (χ3n) is 4.69. The van der Waals surface area contributed by atoms with Crippen LogP contribution in [0.4, 0.5) is 16.2 Å². The van der Waals surface area contributed by atoms with Gasteiger partial charge in [-0.3, -0.25) is 0 Å². The molecule has 0 saturated carbocycles. The van der Waals surface area contributed by atoms with Crippen LogP contribution in [0.15, 0.2) is 18.2 Å². The molecule has 2 fully saturated rings. The summed E-state index contributed by atoms with van der Waals surface area (Å²) in [6, 6.07) is 5.59. The van der Waals surface area contributed by atoms with Crippen molar-refractivity contribution < 1.29 is 14.6 Å². The zero-order chi connectivity index (χ0) is 16.2. The van der Waals surface area contributed by atoms with Crippen LogP contribution in [0.5, 0.6) is 0 Å². The maximum Gasteiger partial charge on any atom is 0.322 e. The largest absolute Gasteiger partial charge is 0.394 e. The summed E-state index contributed by atoms with van der Waals surface area (Å²) in [6.45, 7) is 5.52. The Morgan fingerprint density at radius 1 is 1.35 bits per heavy atom. The first-order valence-electron chi connectivity index (χ1n) is 8.31. The van der Waals surface area contributed by atoms with E-state index in [1.165, 1.54) is 18.5 Å². The van der Waals surface area contributed by atoms with Crippen molar-refractivity contribution in [3.05, 3.63) is 23.8 Å². The molecular weight excluding hydrogens is 294 g/mol. The molecule has 0 unspecified atom stereocenters. The molecule has 2 amide bonds. The topological polar surface area (TPSA) is 65.0 Å². The molecule has 2 aliphatic rings. The van der Waals surface area contributed by atoms with Crippen LogP contribution in [0.3, 0.4) is 0 Å². The second-order valence-corrected chi connectivity index (χ2v) is 6.18. The van der Waals surface area contributed by atoms with Gasteiger partial charge in [0.25, 0.3) is 0 Å². The number of aliphatic hydroxyl groups excluding tert-OH is 1. The summed E-state index contributed by atoms with van der Waals surface area (Å²) in [7, 11) is 0. The first-order valence-corrected chi connectivity index (χ1v) is 8.31. The Morgan fingerprint density at radius 3 is 2.87 bits per heavy atom. The summed E-state index contributed by atoms with van der Waals surface area (Å²) in [6.07, 6.45) is 2.45. The molecule has 0 radical (unpaired) electrons. The van der Waals surface area contributed by atoms with Crippen LogP contribution < -0.4 is 10.2 Å². The highest BCUT2D eigenvalue weighted by Gasteiger charge is 2.27. The van der Waals surface area contributed by atoms with Gasteiger partial charge in [0, 0.05) is 31.0 Å². The van der Waals surface area contributed by atoms with Crippen molar-refractivity contribution in [3.63, 3.8) is 0 Å². The minimum absolute atomic E-state index is 0.0831. The normalized spacial score (nSPS) is 21.6. The number of aliphatic hydroxyl groups is 1. The van der Waals surface area contributed by atoms with Gasteiger partial charge in [0.2, 0.25) is 0 Å². The number of amides is 2. The summed E-state index contributed by atoms with van der Waals surface area (Å²) in [5, 5.41) is 12.4. The first-order chi connectivity index (χ1) is 11.2. The Bertz CT molecular complexity index is 558. The highest BCUT2D eigenvalue weighted by molar-refractivity contribution is 5.91. The number of anilines is 2. The molecule has 2 heterocycles. The van der Waals surface area contributed by atoms with Crippen molar-refractivity contribution in [1.82, 2.24) is 4.90 Å². The van der Waals surface area contributed by atoms with E-state index in [1.807, 2.05) is 19.1 Å². The van der Waals surface area contributed by atoms with E-state index >= 15 is 0 Å². The van der Waals surface area contributed by atoms with Crippen molar-refractivity contribution in [2.45, 2.75) is 25.8 Å². The number of morpholine rings is 1. The third-order valence-corrected chi connectivity index (χ3v) is 4.69. The molecule has 0 aliphatic carbocycles. The number of carbonyl (C=O) groups is 1. The standard InChI is InChI=1S/C17H25N3O3/c1-13-15(5-4-6-16(13)19-7-2-3-8-19)18-17(22)20-9-10-23-12-14(20)11-21/h4-6,14,21H,2-3,7-12H2,1H3,(H,18,22)/t14-/m0/s1. The summed E-state index contributed by atoms with van der Waals surface area (Å²) in [5.41, 5.74) is 3.13. The second-order valence-electron chi connectivity index (χ2n) is 6.18. The number of urea groups is 1. The van der Waals surface area contributed by atoms with E-state index in [4.69, 9.17) is 4.74 Å². The van der Waals surface area contributed by atoms with Gasteiger partial charge in [-0.25, -0.2) is 4.79 Å². The molecule has 1 aromatic carbocycles. The highest BCUT2D eigenvalue weighted by atomic mass is 16.5. The number of hydrogen-bond acceptors (Lipinski definition) is 4. The maximum absolute atomic E-state index is 12.6. The molecule has 2 aliphatic heterocycles. The Morgan fingerprint density at radius 2 is 2.13 bits per heavy atom. The van der Waals surface area contributed by atoms with Crippen LogP contribution in [0.25, 0.3) is 0 Å². The van der Waals surface area contributed by atoms with E-state index in [2.05, 4.69) is 16.3 Å². The fraction of sp³-hybridized carbons (Fsp3) is 0.588. The number of benzene rings is 1. The lowest BCUT2D eigenvalue weighted by Crippen LogP contribution is -2.52. The molecule has 0 bridgehead atoms. The SMILES string of the molecule is Cc1c(NC(=O)N2CCOC[C@@H]2CO)cccc1N1CCCC1. The smallest absolute Gasteiger partial charge is 0.322 e. The molecule has 2 saturated heterocycles. The number of rotatable bonds is 3. The van der Waals surface area contributed by atoms with Crippen LogP contribution in [0.1, 0.15) is 18.4 Å². The minimum atomic E-state index is -0.272. The zero-order valence-electron chi connectivity index (χ0n) is 13.6. The van der Waals surface area contributed by atoms with E-state index < -0.39 is 0 Å². The van der Waals surface area contributed by atoms with Crippen molar-refractivity contribution >= 4 is 17.4 Å². The van der Waals surface area contributed by atoms with E-state index in [1.54, 1.807) is 4.90 Å². The van der Waals surface area contributed by atoms with Crippen LogP contribution in [-0.4, -0.2) is 61.5 Å². The Kier molecular flexibility index (Phi) is 5.03. The molecule has 6 heteroatoms. The average molecular weight is 319 g/mol. The van der Waals surface area contributed by atoms with Gasteiger partial charge in [-0.1, -0.05) is 6.07 Å². The lowest BCUT2D eigenvalue weighted by molar-refractivity contribution is -0.00485. The fourth-order valence-electron chi connectivity index (χ4n) is 3.32.